The van der Waals surface area contributed by atoms with Gasteiger partial charge in [0.25, 0.3) is 0 Å². The van der Waals surface area contributed by atoms with Gasteiger partial charge in [-0.15, -0.1) is 0 Å². The van der Waals surface area contributed by atoms with E-state index < -0.39 is 0 Å². The minimum atomic E-state index is 0.570. The van der Waals surface area contributed by atoms with Crippen LogP contribution in [0.4, 0.5) is 0 Å². The fraction of sp³-hybridized carbons (Fsp3) is 0.667. The number of piperidine rings is 1. The summed E-state index contributed by atoms with van der Waals surface area (Å²) in [6.45, 7) is 12.0. The molecule has 0 aromatic heterocycles. The molecule has 1 aromatic carbocycles. The first-order valence-corrected chi connectivity index (χ1v) is 8.34. The van der Waals surface area contributed by atoms with Gasteiger partial charge in [-0.1, -0.05) is 19.1 Å². The second-order valence-corrected chi connectivity index (χ2v) is 6.20. The van der Waals surface area contributed by atoms with E-state index in [0.29, 0.717) is 6.04 Å². The van der Waals surface area contributed by atoms with E-state index in [1.54, 1.807) is 0 Å². The lowest BCUT2D eigenvalue weighted by Gasteiger charge is -2.35. The fourth-order valence-corrected chi connectivity index (χ4v) is 3.11. The summed E-state index contributed by atoms with van der Waals surface area (Å²) < 4.78 is 5.79. The molecule has 2 unspecified atom stereocenters. The molecule has 0 saturated carbocycles. The summed E-state index contributed by atoms with van der Waals surface area (Å²) in [6, 6.07) is 8.82. The first-order valence-electron chi connectivity index (χ1n) is 8.34. The highest BCUT2D eigenvalue weighted by atomic mass is 16.5. The van der Waals surface area contributed by atoms with Crippen LogP contribution >= 0.6 is 0 Å². The lowest BCUT2D eigenvalue weighted by Crippen LogP contribution is -2.45. The summed E-state index contributed by atoms with van der Waals surface area (Å²) in [4.78, 5) is 2.57. The van der Waals surface area contributed by atoms with Crippen LogP contribution in [0, 0.1) is 12.8 Å². The van der Waals surface area contributed by atoms with Gasteiger partial charge in [0.05, 0.1) is 0 Å². The Labute approximate surface area is 129 Å². The standard InChI is InChI=1S/C18H30N2O/c1-4-20-11-6-8-17(14-20)16(3)19-10-12-21-18-9-5-7-15(2)13-18/h5,7,9,13,16-17,19H,4,6,8,10-12,14H2,1-3H3. The minimum absolute atomic E-state index is 0.570. The monoisotopic (exact) mass is 290 g/mol. The third-order valence-electron chi connectivity index (χ3n) is 4.52. The van der Waals surface area contributed by atoms with E-state index >= 15 is 0 Å². The number of hydrogen-bond acceptors (Lipinski definition) is 3. The van der Waals surface area contributed by atoms with Crippen LogP contribution in [0.3, 0.4) is 0 Å². The summed E-state index contributed by atoms with van der Waals surface area (Å²) in [5.74, 6) is 1.75. The van der Waals surface area contributed by atoms with Crippen molar-refractivity contribution in [2.75, 3.05) is 32.8 Å². The molecule has 2 atom stereocenters. The quantitative estimate of drug-likeness (QED) is 0.781. The van der Waals surface area contributed by atoms with Crippen molar-refractivity contribution in [3.63, 3.8) is 0 Å². The average molecular weight is 290 g/mol. The highest BCUT2D eigenvalue weighted by Crippen LogP contribution is 2.19. The predicted molar refractivity (Wildman–Crippen MR) is 89.0 cm³/mol. The van der Waals surface area contributed by atoms with E-state index in [4.69, 9.17) is 4.74 Å². The molecule has 0 aliphatic carbocycles. The van der Waals surface area contributed by atoms with Crippen molar-refractivity contribution in [1.82, 2.24) is 10.2 Å². The lowest BCUT2D eigenvalue weighted by atomic mass is 9.91. The summed E-state index contributed by atoms with van der Waals surface area (Å²) in [7, 11) is 0. The maximum absolute atomic E-state index is 5.79. The molecule has 0 amide bonds. The molecule has 3 heteroatoms. The first-order chi connectivity index (χ1) is 10.2. The molecule has 1 heterocycles. The zero-order chi connectivity index (χ0) is 15.1. The molecule has 1 aromatic rings. The van der Waals surface area contributed by atoms with Gasteiger partial charge in [-0.3, -0.25) is 0 Å². The molecule has 3 nitrogen and oxygen atoms in total. The third-order valence-corrected chi connectivity index (χ3v) is 4.52. The molecule has 0 radical (unpaired) electrons. The largest absolute Gasteiger partial charge is 0.492 e. The van der Waals surface area contributed by atoms with Gasteiger partial charge in [0.2, 0.25) is 0 Å². The molecule has 0 spiro atoms. The van der Waals surface area contributed by atoms with Gasteiger partial charge in [0, 0.05) is 19.1 Å². The van der Waals surface area contributed by atoms with Crippen LogP contribution in [0.2, 0.25) is 0 Å². The van der Waals surface area contributed by atoms with Crippen LogP contribution in [0.5, 0.6) is 5.75 Å². The Hall–Kier alpha value is -1.06. The Morgan fingerprint density at radius 1 is 1.43 bits per heavy atom. The van der Waals surface area contributed by atoms with Crippen molar-refractivity contribution in [2.24, 2.45) is 5.92 Å². The minimum Gasteiger partial charge on any atom is -0.492 e. The van der Waals surface area contributed by atoms with Crippen molar-refractivity contribution < 1.29 is 4.74 Å². The van der Waals surface area contributed by atoms with Crippen LogP contribution in [0.25, 0.3) is 0 Å². The van der Waals surface area contributed by atoms with Crippen LogP contribution in [-0.4, -0.2) is 43.7 Å². The Morgan fingerprint density at radius 3 is 3.05 bits per heavy atom. The molecule has 1 N–H and O–H groups in total. The molecule has 2 rings (SSSR count). The number of likely N-dealkylation sites (tertiary alicyclic amines) is 1. The van der Waals surface area contributed by atoms with Crippen LogP contribution in [0.15, 0.2) is 24.3 Å². The normalized spacial score (nSPS) is 21.2. The van der Waals surface area contributed by atoms with Gasteiger partial charge < -0.3 is 15.0 Å². The van der Waals surface area contributed by atoms with Crippen LogP contribution < -0.4 is 10.1 Å². The van der Waals surface area contributed by atoms with E-state index in [-0.39, 0.29) is 0 Å². The Morgan fingerprint density at radius 2 is 2.29 bits per heavy atom. The topological polar surface area (TPSA) is 24.5 Å². The number of nitrogens with zero attached hydrogens (tertiary/aromatic N) is 1. The summed E-state index contributed by atoms with van der Waals surface area (Å²) in [5.41, 5.74) is 1.25. The Kier molecular flexibility index (Phi) is 6.52. The van der Waals surface area contributed by atoms with Crippen molar-refractivity contribution in [2.45, 2.75) is 39.7 Å². The SMILES string of the molecule is CCN1CCCC(C(C)NCCOc2cccc(C)c2)C1. The van der Waals surface area contributed by atoms with Gasteiger partial charge in [-0.05, 0) is 63.4 Å². The summed E-state index contributed by atoms with van der Waals surface area (Å²) in [6.07, 6.45) is 2.69. The maximum atomic E-state index is 5.79. The second kappa shape index (κ2) is 8.40. The van der Waals surface area contributed by atoms with Gasteiger partial charge in [-0.2, -0.15) is 0 Å². The molecule has 1 aliphatic rings. The van der Waals surface area contributed by atoms with E-state index in [1.165, 1.54) is 38.0 Å². The van der Waals surface area contributed by atoms with E-state index in [2.05, 4.69) is 43.1 Å². The molecule has 118 valence electrons. The fourth-order valence-electron chi connectivity index (χ4n) is 3.11. The molecule has 1 fully saturated rings. The smallest absolute Gasteiger partial charge is 0.119 e. The average Bonchev–Trinajstić information content (AvgIpc) is 2.51. The van der Waals surface area contributed by atoms with Crippen molar-refractivity contribution >= 4 is 0 Å². The number of hydrogen-bond donors (Lipinski definition) is 1. The number of rotatable bonds is 7. The molecule has 1 saturated heterocycles. The molecule has 0 bridgehead atoms. The summed E-state index contributed by atoms with van der Waals surface area (Å²) >= 11 is 0. The predicted octanol–water partition coefficient (Wildman–Crippen LogP) is 3.08. The molecular formula is C18H30N2O. The zero-order valence-electron chi connectivity index (χ0n) is 13.8. The van der Waals surface area contributed by atoms with E-state index in [9.17, 15) is 0 Å². The lowest BCUT2D eigenvalue weighted by molar-refractivity contribution is 0.155. The highest BCUT2D eigenvalue weighted by Gasteiger charge is 2.23. The van der Waals surface area contributed by atoms with E-state index in [1.807, 2.05) is 12.1 Å². The Balaban J connectivity index is 1.66. The number of benzene rings is 1. The van der Waals surface area contributed by atoms with Crippen molar-refractivity contribution in [1.29, 1.82) is 0 Å². The van der Waals surface area contributed by atoms with Crippen LogP contribution in [0.1, 0.15) is 32.3 Å². The second-order valence-electron chi connectivity index (χ2n) is 6.20. The molecular weight excluding hydrogens is 260 g/mol. The number of nitrogens with one attached hydrogen (secondary N) is 1. The van der Waals surface area contributed by atoms with Gasteiger partial charge in [-0.25, -0.2) is 0 Å². The van der Waals surface area contributed by atoms with Gasteiger partial charge in [0.1, 0.15) is 12.4 Å². The zero-order valence-corrected chi connectivity index (χ0v) is 13.8. The van der Waals surface area contributed by atoms with Crippen molar-refractivity contribution in [3.8, 4) is 5.75 Å². The molecule has 1 aliphatic heterocycles. The van der Waals surface area contributed by atoms with Gasteiger partial charge in [0.15, 0.2) is 0 Å². The number of aryl methyl sites for hydroxylation is 1. The third kappa shape index (κ3) is 5.33. The highest BCUT2D eigenvalue weighted by molar-refractivity contribution is 5.27. The maximum Gasteiger partial charge on any atom is 0.119 e. The van der Waals surface area contributed by atoms with Crippen LogP contribution in [-0.2, 0) is 0 Å². The molecule has 21 heavy (non-hydrogen) atoms. The summed E-state index contributed by atoms with van der Waals surface area (Å²) in [5, 5.41) is 3.63. The van der Waals surface area contributed by atoms with E-state index in [0.717, 1.165) is 24.8 Å². The number of ether oxygens (including phenoxy) is 1. The first kappa shape index (κ1) is 16.3. The van der Waals surface area contributed by atoms with Crippen molar-refractivity contribution in [3.05, 3.63) is 29.8 Å². The van der Waals surface area contributed by atoms with Gasteiger partial charge >= 0.3 is 0 Å². The Bertz CT molecular complexity index is 421.